The Labute approximate surface area is 138 Å². The van der Waals surface area contributed by atoms with Gasteiger partial charge in [0.1, 0.15) is 0 Å². The SMILES string of the molecule is O=C(Nc1cnccn1)[C@@H]1CO[C@H]2CN(Cc3ccsc3)C[C@H]21. The summed E-state index contributed by atoms with van der Waals surface area (Å²) in [6, 6.07) is 2.15. The van der Waals surface area contributed by atoms with Gasteiger partial charge in [0, 0.05) is 37.9 Å². The number of ether oxygens (including phenoxy) is 1. The van der Waals surface area contributed by atoms with Crippen molar-refractivity contribution in [1.82, 2.24) is 14.9 Å². The Morgan fingerprint density at radius 2 is 2.39 bits per heavy atom. The van der Waals surface area contributed by atoms with Crippen LogP contribution in [-0.2, 0) is 16.1 Å². The molecule has 0 saturated carbocycles. The molecule has 4 rings (SSSR count). The van der Waals surface area contributed by atoms with Crippen LogP contribution < -0.4 is 5.32 Å². The van der Waals surface area contributed by atoms with E-state index in [1.165, 1.54) is 5.56 Å². The van der Waals surface area contributed by atoms with E-state index in [9.17, 15) is 4.79 Å². The smallest absolute Gasteiger partial charge is 0.231 e. The van der Waals surface area contributed by atoms with E-state index in [-0.39, 0.29) is 23.8 Å². The van der Waals surface area contributed by atoms with Gasteiger partial charge in [0.05, 0.1) is 24.8 Å². The number of anilines is 1. The van der Waals surface area contributed by atoms with Crippen LogP contribution in [0, 0.1) is 11.8 Å². The first kappa shape index (κ1) is 14.7. The van der Waals surface area contributed by atoms with Gasteiger partial charge in [0.2, 0.25) is 5.91 Å². The maximum atomic E-state index is 12.5. The Hall–Kier alpha value is -1.83. The van der Waals surface area contributed by atoms with Crippen molar-refractivity contribution in [3.05, 3.63) is 41.0 Å². The summed E-state index contributed by atoms with van der Waals surface area (Å²) in [5.41, 5.74) is 1.33. The van der Waals surface area contributed by atoms with Gasteiger partial charge in [0.15, 0.2) is 5.82 Å². The predicted octanol–water partition coefficient (Wildman–Crippen LogP) is 1.62. The third-order valence-electron chi connectivity index (χ3n) is 4.53. The minimum atomic E-state index is -0.116. The highest BCUT2D eigenvalue weighted by molar-refractivity contribution is 7.07. The molecule has 3 atom stereocenters. The Balaban J connectivity index is 1.38. The van der Waals surface area contributed by atoms with Crippen LogP contribution in [-0.4, -0.2) is 46.6 Å². The molecule has 1 amide bonds. The second-order valence-electron chi connectivity index (χ2n) is 6.05. The van der Waals surface area contributed by atoms with Crippen molar-refractivity contribution in [3.63, 3.8) is 0 Å². The van der Waals surface area contributed by atoms with Crippen LogP contribution in [0.3, 0.4) is 0 Å². The molecule has 23 heavy (non-hydrogen) atoms. The van der Waals surface area contributed by atoms with Gasteiger partial charge in [-0.2, -0.15) is 11.3 Å². The van der Waals surface area contributed by atoms with Gasteiger partial charge in [-0.3, -0.25) is 14.7 Å². The molecule has 1 N–H and O–H groups in total. The monoisotopic (exact) mass is 330 g/mol. The summed E-state index contributed by atoms with van der Waals surface area (Å²) in [5.74, 6) is 0.615. The first-order chi connectivity index (χ1) is 11.3. The molecule has 7 heteroatoms. The number of likely N-dealkylation sites (tertiary alicyclic amines) is 1. The fraction of sp³-hybridized carbons (Fsp3) is 0.438. The zero-order chi connectivity index (χ0) is 15.6. The fourth-order valence-electron chi connectivity index (χ4n) is 3.42. The number of amides is 1. The minimum absolute atomic E-state index is 0.0182. The molecule has 6 nitrogen and oxygen atoms in total. The van der Waals surface area contributed by atoms with Gasteiger partial charge in [-0.15, -0.1) is 0 Å². The predicted molar refractivity (Wildman–Crippen MR) is 87.0 cm³/mol. The molecule has 2 saturated heterocycles. The zero-order valence-corrected chi connectivity index (χ0v) is 13.4. The summed E-state index contributed by atoms with van der Waals surface area (Å²) in [7, 11) is 0. The third kappa shape index (κ3) is 3.12. The van der Waals surface area contributed by atoms with Crippen LogP contribution in [0.4, 0.5) is 5.82 Å². The topological polar surface area (TPSA) is 67.3 Å². The summed E-state index contributed by atoms with van der Waals surface area (Å²) in [6.45, 7) is 3.22. The Bertz CT molecular complexity index is 664. The maximum Gasteiger partial charge on any atom is 0.231 e. The average Bonchev–Trinajstić information content (AvgIpc) is 3.25. The lowest BCUT2D eigenvalue weighted by Crippen LogP contribution is -2.32. The van der Waals surface area contributed by atoms with E-state index in [1.54, 1.807) is 29.9 Å². The fourth-order valence-corrected chi connectivity index (χ4v) is 4.08. The summed E-state index contributed by atoms with van der Waals surface area (Å²) < 4.78 is 5.86. The van der Waals surface area contributed by atoms with E-state index in [2.05, 4.69) is 37.0 Å². The van der Waals surface area contributed by atoms with E-state index >= 15 is 0 Å². The van der Waals surface area contributed by atoms with Crippen LogP contribution in [0.2, 0.25) is 0 Å². The van der Waals surface area contributed by atoms with Crippen molar-refractivity contribution in [2.75, 3.05) is 25.0 Å². The van der Waals surface area contributed by atoms with Crippen molar-refractivity contribution in [2.45, 2.75) is 12.6 Å². The van der Waals surface area contributed by atoms with E-state index < -0.39 is 0 Å². The van der Waals surface area contributed by atoms with Gasteiger partial charge >= 0.3 is 0 Å². The number of aromatic nitrogens is 2. The number of fused-ring (bicyclic) bond motifs is 1. The Morgan fingerprint density at radius 1 is 1.43 bits per heavy atom. The van der Waals surface area contributed by atoms with Crippen LogP contribution in [0.25, 0.3) is 0 Å². The van der Waals surface area contributed by atoms with E-state index in [0.29, 0.717) is 12.4 Å². The summed E-state index contributed by atoms with van der Waals surface area (Å²) in [5, 5.41) is 7.12. The largest absolute Gasteiger partial charge is 0.376 e. The molecule has 2 aliphatic heterocycles. The van der Waals surface area contributed by atoms with Gasteiger partial charge in [0.25, 0.3) is 0 Å². The number of carbonyl (C=O) groups excluding carboxylic acids is 1. The van der Waals surface area contributed by atoms with Crippen molar-refractivity contribution >= 4 is 23.1 Å². The molecule has 0 bridgehead atoms. The zero-order valence-electron chi connectivity index (χ0n) is 12.6. The number of carbonyl (C=O) groups is 1. The Kier molecular flexibility index (Phi) is 4.07. The van der Waals surface area contributed by atoms with E-state index in [0.717, 1.165) is 19.6 Å². The molecular formula is C16H18N4O2S. The second kappa shape index (κ2) is 6.35. The van der Waals surface area contributed by atoms with Crippen LogP contribution in [0.15, 0.2) is 35.4 Å². The van der Waals surface area contributed by atoms with E-state index in [4.69, 9.17) is 4.74 Å². The molecule has 0 aromatic carbocycles. The summed E-state index contributed by atoms with van der Waals surface area (Å²) in [4.78, 5) is 22.9. The van der Waals surface area contributed by atoms with Gasteiger partial charge in [-0.05, 0) is 22.4 Å². The Morgan fingerprint density at radius 3 is 3.17 bits per heavy atom. The molecule has 0 aliphatic carbocycles. The molecular weight excluding hydrogens is 312 g/mol. The lowest BCUT2D eigenvalue weighted by Gasteiger charge is -2.18. The molecule has 2 aromatic heterocycles. The average molecular weight is 330 g/mol. The quantitative estimate of drug-likeness (QED) is 0.923. The van der Waals surface area contributed by atoms with Gasteiger partial charge < -0.3 is 10.1 Å². The molecule has 2 fully saturated rings. The number of thiophene rings is 1. The first-order valence-electron chi connectivity index (χ1n) is 7.71. The number of hydrogen-bond acceptors (Lipinski definition) is 6. The molecule has 2 aromatic rings. The molecule has 4 heterocycles. The van der Waals surface area contributed by atoms with Crippen molar-refractivity contribution in [3.8, 4) is 0 Å². The maximum absolute atomic E-state index is 12.5. The van der Waals surface area contributed by atoms with Gasteiger partial charge in [-0.25, -0.2) is 4.98 Å². The second-order valence-corrected chi connectivity index (χ2v) is 6.83. The van der Waals surface area contributed by atoms with E-state index in [1.807, 2.05) is 0 Å². The first-order valence-corrected chi connectivity index (χ1v) is 8.66. The van der Waals surface area contributed by atoms with Crippen LogP contribution in [0.1, 0.15) is 5.56 Å². The van der Waals surface area contributed by atoms with Crippen LogP contribution in [0.5, 0.6) is 0 Å². The lowest BCUT2D eigenvalue weighted by molar-refractivity contribution is -0.120. The minimum Gasteiger partial charge on any atom is -0.376 e. The molecule has 0 radical (unpaired) electrons. The molecule has 2 aliphatic rings. The molecule has 120 valence electrons. The standard InChI is InChI=1S/C16H18N4O2S/c21-16(19-15-5-17-2-3-18-15)13-9-22-14-8-20(7-12(13)14)6-11-1-4-23-10-11/h1-5,10,12-14H,6-9H2,(H,18,19,21)/t12-,13+,14-/m0/s1. The highest BCUT2D eigenvalue weighted by atomic mass is 32.1. The normalized spacial score (nSPS) is 27.0. The lowest BCUT2D eigenvalue weighted by atomic mass is 9.92. The molecule has 0 spiro atoms. The third-order valence-corrected chi connectivity index (χ3v) is 5.26. The number of hydrogen-bond donors (Lipinski definition) is 1. The van der Waals surface area contributed by atoms with Gasteiger partial charge in [-0.1, -0.05) is 0 Å². The van der Waals surface area contributed by atoms with Crippen molar-refractivity contribution in [2.24, 2.45) is 11.8 Å². The molecule has 0 unspecified atom stereocenters. The van der Waals surface area contributed by atoms with Crippen molar-refractivity contribution in [1.29, 1.82) is 0 Å². The highest BCUT2D eigenvalue weighted by Crippen LogP contribution is 2.35. The highest BCUT2D eigenvalue weighted by Gasteiger charge is 2.46. The van der Waals surface area contributed by atoms with Crippen LogP contribution >= 0.6 is 11.3 Å². The van der Waals surface area contributed by atoms with Crippen molar-refractivity contribution < 1.29 is 9.53 Å². The number of rotatable bonds is 4. The number of nitrogens with one attached hydrogen (secondary N) is 1. The summed E-state index contributed by atoms with van der Waals surface area (Å²) >= 11 is 1.72. The number of nitrogens with zero attached hydrogens (tertiary/aromatic N) is 3. The summed E-state index contributed by atoms with van der Waals surface area (Å²) in [6.07, 6.45) is 4.87.